The number of hydrogen-bond acceptors (Lipinski definition) is 4. The summed E-state index contributed by atoms with van der Waals surface area (Å²) in [5, 5.41) is 3.30. The molecule has 7 heteroatoms. The molecule has 5 nitrogen and oxygen atoms in total. The summed E-state index contributed by atoms with van der Waals surface area (Å²) < 4.78 is 31.8. The van der Waals surface area contributed by atoms with Gasteiger partial charge in [0.1, 0.15) is 0 Å². The van der Waals surface area contributed by atoms with Crippen molar-refractivity contribution in [3.63, 3.8) is 0 Å². The molecule has 1 aromatic rings. The smallest absolute Gasteiger partial charge is 0.214 e. The predicted octanol–water partition coefficient (Wildman–Crippen LogP) is 1.98. The Balaban J connectivity index is 0.00000264. The van der Waals surface area contributed by atoms with Crippen LogP contribution < -0.4 is 5.32 Å². The molecule has 0 aromatic heterocycles. The molecule has 1 aromatic carbocycles. The molecule has 132 valence electrons. The van der Waals surface area contributed by atoms with Crippen molar-refractivity contribution in [2.24, 2.45) is 0 Å². The number of benzene rings is 1. The first-order valence-electron chi connectivity index (χ1n) is 7.86. The molecule has 1 fully saturated rings. The fourth-order valence-corrected chi connectivity index (χ4v) is 4.45. The molecule has 0 aliphatic carbocycles. The highest BCUT2D eigenvalue weighted by molar-refractivity contribution is 7.89. The Kier molecular flexibility index (Phi) is 8.50. The quantitative estimate of drug-likeness (QED) is 0.753. The van der Waals surface area contributed by atoms with E-state index in [0.717, 1.165) is 12.0 Å². The van der Waals surface area contributed by atoms with E-state index in [1.807, 2.05) is 12.1 Å². The minimum absolute atomic E-state index is 0. The fourth-order valence-electron chi connectivity index (χ4n) is 2.78. The Bertz CT molecular complexity index is 563. The van der Waals surface area contributed by atoms with E-state index in [9.17, 15) is 8.42 Å². The van der Waals surface area contributed by atoms with E-state index < -0.39 is 10.0 Å². The molecule has 0 spiro atoms. The minimum Gasteiger partial charge on any atom is -0.385 e. The van der Waals surface area contributed by atoms with Crippen molar-refractivity contribution >= 4 is 22.4 Å². The molecular weight excluding hydrogens is 336 g/mol. The Hall–Kier alpha value is -0.660. The van der Waals surface area contributed by atoms with Gasteiger partial charge in [0.15, 0.2) is 0 Å². The lowest BCUT2D eigenvalue weighted by atomic mass is 10.0. The number of piperazine rings is 1. The summed E-state index contributed by atoms with van der Waals surface area (Å²) in [6, 6.07) is 8.15. The van der Waals surface area contributed by atoms with Gasteiger partial charge in [0.2, 0.25) is 10.0 Å². The SMILES string of the molecule is CCc1ccc(C2CNCCN2S(=O)(=O)CCCOC)cc1.Cl. The first-order valence-corrected chi connectivity index (χ1v) is 9.47. The van der Waals surface area contributed by atoms with Gasteiger partial charge in [-0.1, -0.05) is 31.2 Å². The van der Waals surface area contributed by atoms with Gasteiger partial charge in [0.05, 0.1) is 11.8 Å². The number of halogens is 1. The average molecular weight is 363 g/mol. The van der Waals surface area contributed by atoms with E-state index in [2.05, 4.69) is 24.4 Å². The third-order valence-corrected chi connectivity index (χ3v) is 6.03. The van der Waals surface area contributed by atoms with Gasteiger partial charge in [-0.3, -0.25) is 0 Å². The molecule has 1 unspecified atom stereocenters. The Morgan fingerprint density at radius 3 is 2.61 bits per heavy atom. The first kappa shape index (κ1) is 20.4. The zero-order chi connectivity index (χ0) is 16.0. The number of sulfonamides is 1. The molecule has 1 atom stereocenters. The van der Waals surface area contributed by atoms with E-state index in [1.165, 1.54) is 5.56 Å². The molecular formula is C16H27ClN2O3S. The van der Waals surface area contributed by atoms with Crippen molar-refractivity contribution in [3.8, 4) is 0 Å². The highest BCUT2D eigenvalue weighted by Gasteiger charge is 2.32. The first-order chi connectivity index (χ1) is 10.6. The van der Waals surface area contributed by atoms with E-state index in [1.54, 1.807) is 11.4 Å². The second-order valence-electron chi connectivity index (χ2n) is 5.59. The van der Waals surface area contributed by atoms with Crippen molar-refractivity contribution in [1.82, 2.24) is 9.62 Å². The highest BCUT2D eigenvalue weighted by atomic mass is 35.5. The summed E-state index contributed by atoms with van der Waals surface area (Å²) in [7, 11) is -1.66. The summed E-state index contributed by atoms with van der Waals surface area (Å²) in [5.41, 5.74) is 2.32. The van der Waals surface area contributed by atoms with Crippen LogP contribution in [0.25, 0.3) is 0 Å². The Morgan fingerprint density at radius 2 is 2.00 bits per heavy atom. The van der Waals surface area contributed by atoms with Crippen LogP contribution in [0.1, 0.15) is 30.5 Å². The zero-order valence-corrected chi connectivity index (χ0v) is 15.5. The monoisotopic (exact) mass is 362 g/mol. The van der Waals surface area contributed by atoms with Gasteiger partial charge in [-0.15, -0.1) is 12.4 Å². The molecule has 0 amide bonds. The topological polar surface area (TPSA) is 58.6 Å². The second-order valence-corrected chi connectivity index (χ2v) is 7.63. The maximum atomic E-state index is 12.6. The number of aryl methyl sites for hydroxylation is 1. The van der Waals surface area contributed by atoms with Crippen LogP contribution in [0.2, 0.25) is 0 Å². The molecule has 2 rings (SSSR count). The second kappa shape index (κ2) is 9.59. The largest absolute Gasteiger partial charge is 0.385 e. The van der Waals surface area contributed by atoms with Crippen LogP contribution in [0.4, 0.5) is 0 Å². The normalized spacial score (nSPS) is 19.3. The number of nitrogens with zero attached hydrogens (tertiary/aromatic N) is 1. The summed E-state index contributed by atoms with van der Waals surface area (Å²) >= 11 is 0. The maximum absolute atomic E-state index is 12.6. The highest BCUT2D eigenvalue weighted by Crippen LogP contribution is 2.26. The van der Waals surface area contributed by atoms with Gasteiger partial charge in [-0.2, -0.15) is 4.31 Å². The zero-order valence-electron chi connectivity index (χ0n) is 13.8. The fraction of sp³-hybridized carbons (Fsp3) is 0.625. The van der Waals surface area contributed by atoms with Crippen LogP contribution in [-0.4, -0.2) is 51.8 Å². The standard InChI is InChI=1S/C16H26N2O3S.ClH/c1-3-14-5-7-15(8-6-14)16-13-17-9-10-18(16)22(19,20)12-4-11-21-2;/h5-8,16-17H,3-4,9-13H2,1-2H3;1H. The van der Waals surface area contributed by atoms with E-state index in [-0.39, 0.29) is 24.2 Å². The van der Waals surface area contributed by atoms with Crippen LogP contribution in [0.15, 0.2) is 24.3 Å². The van der Waals surface area contributed by atoms with Crippen LogP contribution >= 0.6 is 12.4 Å². The summed E-state index contributed by atoms with van der Waals surface area (Å²) in [6.07, 6.45) is 1.52. The number of nitrogens with one attached hydrogen (secondary N) is 1. The summed E-state index contributed by atoms with van der Waals surface area (Å²) in [4.78, 5) is 0. The Labute approximate surface area is 145 Å². The predicted molar refractivity (Wildman–Crippen MR) is 95.7 cm³/mol. The van der Waals surface area contributed by atoms with Crippen molar-refractivity contribution in [1.29, 1.82) is 0 Å². The van der Waals surface area contributed by atoms with Gasteiger partial charge in [0.25, 0.3) is 0 Å². The minimum atomic E-state index is -3.26. The van der Waals surface area contributed by atoms with Crippen LogP contribution in [0.5, 0.6) is 0 Å². The third-order valence-electron chi connectivity index (χ3n) is 4.08. The van der Waals surface area contributed by atoms with Crippen LogP contribution in [0, 0.1) is 0 Å². The molecule has 1 aliphatic rings. The molecule has 0 bridgehead atoms. The third kappa shape index (κ3) is 5.43. The lowest BCUT2D eigenvalue weighted by Gasteiger charge is -2.35. The molecule has 1 heterocycles. The summed E-state index contributed by atoms with van der Waals surface area (Å²) in [6.45, 7) is 4.47. The molecule has 1 N–H and O–H groups in total. The molecule has 0 radical (unpaired) electrons. The van der Waals surface area contributed by atoms with E-state index >= 15 is 0 Å². The van der Waals surface area contributed by atoms with Gasteiger partial charge >= 0.3 is 0 Å². The lowest BCUT2D eigenvalue weighted by molar-refractivity contribution is 0.198. The molecule has 0 saturated carbocycles. The lowest BCUT2D eigenvalue weighted by Crippen LogP contribution is -2.49. The molecule has 1 aliphatic heterocycles. The summed E-state index contributed by atoms with van der Waals surface area (Å²) in [5.74, 6) is 0.143. The van der Waals surface area contributed by atoms with Gasteiger partial charge in [0, 0.05) is 33.4 Å². The van der Waals surface area contributed by atoms with Crippen molar-refractivity contribution < 1.29 is 13.2 Å². The van der Waals surface area contributed by atoms with Crippen molar-refractivity contribution in [2.45, 2.75) is 25.8 Å². The number of methoxy groups -OCH3 is 1. The van der Waals surface area contributed by atoms with Gasteiger partial charge in [-0.05, 0) is 24.0 Å². The number of rotatable bonds is 7. The molecule has 1 saturated heterocycles. The maximum Gasteiger partial charge on any atom is 0.214 e. The van der Waals surface area contributed by atoms with Gasteiger partial charge < -0.3 is 10.1 Å². The van der Waals surface area contributed by atoms with Crippen LogP contribution in [0.3, 0.4) is 0 Å². The Morgan fingerprint density at radius 1 is 1.30 bits per heavy atom. The average Bonchev–Trinajstić information content (AvgIpc) is 2.55. The van der Waals surface area contributed by atoms with Crippen molar-refractivity contribution in [3.05, 3.63) is 35.4 Å². The van der Waals surface area contributed by atoms with Gasteiger partial charge in [-0.25, -0.2) is 8.42 Å². The molecule has 23 heavy (non-hydrogen) atoms. The number of hydrogen-bond donors (Lipinski definition) is 1. The van der Waals surface area contributed by atoms with Crippen molar-refractivity contribution in [2.75, 3.05) is 39.1 Å². The van der Waals surface area contributed by atoms with E-state index in [0.29, 0.717) is 32.7 Å². The van der Waals surface area contributed by atoms with Crippen LogP contribution in [-0.2, 0) is 21.2 Å². The number of ether oxygens (including phenoxy) is 1. The van der Waals surface area contributed by atoms with E-state index in [4.69, 9.17) is 4.74 Å².